The molecule has 186 valence electrons. The minimum absolute atomic E-state index is 0.231. The van der Waals surface area contributed by atoms with Crippen molar-refractivity contribution in [2.45, 2.75) is 56.7 Å². The van der Waals surface area contributed by atoms with Gasteiger partial charge in [-0.2, -0.15) is 0 Å². The van der Waals surface area contributed by atoms with Gasteiger partial charge in [0.25, 0.3) is 0 Å². The van der Waals surface area contributed by atoms with Gasteiger partial charge in [0.2, 0.25) is 0 Å². The van der Waals surface area contributed by atoms with Gasteiger partial charge in [-0.1, -0.05) is 24.3 Å². The maximum atomic E-state index is 11.3. The summed E-state index contributed by atoms with van der Waals surface area (Å²) in [5, 5.41) is 9.30. The lowest BCUT2D eigenvalue weighted by molar-refractivity contribution is -0.0970. The van der Waals surface area contributed by atoms with E-state index in [9.17, 15) is 9.90 Å². The van der Waals surface area contributed by atoms with Crippen LogP contribution in [0.3, 0.4) is 0 Å². The van der Waals surface area contributed by atoms with Gasteiger partial charge in [0.15, 0.2) is 6.29 Å². The molecule has 5 nitrogen and oxygen atoms in total. The predicted molar refractivity (Wildman–Crippen MR) is 137 cm³/mol. The fraction of sp³-hybridized carbons (Fsp3) is 0.500. The molecule has 4 aliphatic carbocycles. The van der Waals surface area contributed by atoms with Gasteiger partial charge in [0, 0.05) is 26.2 Å². The lowest BCUT2D eigenvalue weighted by Gasteiger charge is -2.57. The third kappa shape index (κ3) is 4.76. The molecule has 4 fully saturated rings. The first-order valence-corrected chi connectivity index (χ1v) is 12.7. The number of methoxy groups -OCH3 is 3. The monoisotopic (exact) mass is 476 g/mol. The summed E-state index contributed by atoms with van der Waals surface area (Å²) < 4.78 is 16.9. The fourth-order valence-corrected chi connectivity index (χ4v) is 7.40. The third-order valence-corrected chi connectivity index (χ3v) is 8.59. The molecule has 2 aromatic rings. The quantitative estimate of drug-likeness (QED) is 0.335. The number of carboxylic acids is 1. The summed E-state index contributed by atoms with van der Waals surface area (Å²) in [5.74, 6) is 2.65. The highest BCUT2D eigenvalue weighted by atomic mass is 16.7. The smallest absolute Gasteiger partial charge is 0.335 e. The Bertz CT molecular complexity index is 1060. The molecule has 4 bridgehead atoms. The summed E-state index contributed by atoms with van der Waals surface area (Å²) in [7, 11) is 5.06. The molecule has 1 N–H and O–H groups in total. The van der Waals surface area contributed by atoms with Crippen LogP contribution in [0.25, 0.3) is 11.6 Å². The number of carbonyl (C=O) groups is 1. The maximum absolute atomic E-state index is 11.3. The second-order valence-electron chi connectivity index (χ2n) is 10.8. The summed E-state index contributed by atoms with van der Waals surface area (Å²) >= 11 is 0. The molecule has 4 saturated carbocycles. The summed E-state index contributed by atoms with van der Waals surface area (Å²) in [6.07, 6.45) is 10.4. The molecule has 0 spiro atoms. The van der Waals surface area contributed by atoms with Crippen LogP contribution in [-0.2, 0) is 14.9 Å². The SMILES string of the molecule is COc1ccc(/C=C(/CC(OC)OC)c2ccc(C(=O)O)cc2)cc1C12CC3CC(CC(C3)C1)C2. The van der Waals surface area contributed by atoms with Crippen molar-refractivity contribution in [1.82, 2.24) is 0 Å². The number of rotatable bonds is 9. The van der Waals surface area contributed by atoms with Gasteiger partial charge in [-0.25, -0.2) is 4.79 Å². The molecule has 0 unspecified atom stereocenters. The Labute approximate surface area is 208 Å². The number of aromatic carboxylic acids is 1. The van der Waals surface area contributed by atoms with Crippen LogP contribution in [0.4, 0.5) is 0 Å². The first-order chi connectivity index (χ1) is 16.9. The molecule has 0 aromatic heterocycles. The molecule has 2 aromatic carbocycles. The molecule has 0 aliphatic heterocycles. The van der Waals surface area contributed by atoms with Gasteiger partial charge < -0.3 is 19.3 Å². The van der Waals surface area contributed by atoms with E-state index in [0.29, 0.717) is 6.42 Å². The highest BCUT2D eigenvalue weighted by Gasteiger charge is 2.52. The largest absolute Gasteiger partial charge is 0.496 e. The zero-order valence-corrected chi connectivity index (χ0v) is 21.0. The van der Waals surface area contributed by atoms with Gasteiger partial charge in [-0.15, -0.1) is 0 Å². The van der Waals surface area contributed by atoms with Crippen molar-refractivity contribution in [3.8, 4) is 5.75 Å². The number of benzene rings is 2. The zero-order chi connectivity index (χ0) is 24.6. The van der Waals surface area contributed by atoms with Crippen molar-refractivity contribution in [2.24, 2.45) is 17.8 Å². The third-order valence-electron chi connectivity index (χ3n) is 8.59. The van der Waals surface area contributed by atoms with Crippen molar-refractivity contribution in [3.63, 3.8) is 0 Å². The van der Waals surface area contributed by atoms with Crippen LogP contribution >= 0.6 is 0 Å². The molecule has 6 rings (SSSR count). The second-order valence-corrected chi connectivity index (χ2v) is 10.8. The molecule has 0 atom stereocenters. The normalized spacial score (nSPS) is 27.4. The molecule has 0 saturated heterocycles. The van der Waals surface area contributed by atoms with Gasteiger partial charge in [0.05, 0.1) is 12.7 Å². The number of carboxylic acid groups (broad SMARTS) is 1. The lowest BCUT2D eigenvalue weighted by Crippen LogP contribution is -2.48. The predicted octanol–water partition coefficient (Wildman–Crippen LogP) is 6.41. The minimum Gasteiger partial charge on any atom is -0.496 e. The molecule has 0 radical (unpaired) electrons. The number of ether oxygens (including phenoxy) is 3. The molecular formula is C30H36O5. The number of hydrogen-bond donors (Lipinski definition) is 1. The van der Waals surface area contributed by atoms with Crippen LogP contribution in [0.5, 0.6) is 5.75 Å². The zero-order valence-electron chi connectivity index (χ0n) is 21.0. The molecule has 5 heteroatoms. The molecule has 35 heavy (non-hydrogen) atoms. The Morgan fingerprint density at radius 3 is 2.03 bits per heavy atom. The van der Waals surface area contributed by atoms with E-state index < -0.39 is 5.97 Å². The highest BCUT2D eigenvalue weighted by Crippen LogP contribution is 2.62. The Kier molecular flexibility index (Phi) is 6.73. The highest BCUT2D eigenvalue weighted by molar-refractivity contribution is 5.89. The van der Waals surface area contributed by atoms with E-state index in [1.807, 2.05) is 12.1 Å². The van der Waals surface area contributed by atoms with E-state index in [-0.39, 0.29) is 17.3 Å². The Morgan fingerprint density at radius 1 is 0.943 bits per heavy atom. The first kappa shape index (κ1) is 24.1. The average Bonchev–Trinajstić information content (AvgIpc) is 2.85. The summed E-state index contributed by atoms with van der Waals surface area (Å²) in [6.45, 7) is 0. The van der Waals surface area contributed by atoms with Gasteiger partial charge in [-0.05, 0) is 103 Å². The van der Waals surface area contributed by atoms with E-state index in [1.165, 1.54) is 44.1 Å². The van der Waals surface area contributed by atoms with E-state index in [0.717, 1.165) is 40.2 Å². The van der Waals surface area contributed by atoms with Crippen molar-refractivity contribution < 1.29 is 24.1 Å². The number of hydrogen-bond acceptors (Lipinski definition) is 4. The van der Waals surface area contributed by atoms with Crippen LogP contribution in [0, 0.1) is 17.8 Å². The average molecular weight is 477 g/mol. The van der Waals surface area contributed by atoms with Crippen molar-refractivity contribution in [2.75, 3.05) is 21.3 Å². The standard InChI is InChI=1S/C30H36O5/c1-33-27-9-4-19(14-26(27)30-16-20-10-21(17-30)12-22(11-20)18-30)13-25(15-28(34-2)35-3)23-5-7-24(8-6-23)29(31)32/h4-9,13-14,20-22,28H,10-12,15-18H2,1-3H3,(H,31,32)/b25-13-. The lowest BCUT2D eigenvalue weighted by atomic mass is 9.48. The minimum atomic E-state index is -0.927. The van der Waals surface area contributed by atoms with Crippen molar-refractivity contribution in [1.29, 1.82) is 0 Å². The first-order valence-electron chi connectivity index (χ1n) is 12.7. The Hall–Kier alpha value is -2.63. The topological polar surface area (TPSA) is 65.0 Å². The van der Waals surface area contributed by atoms with Crippen molar-refractivity contribution in [3.05, 3.63) is 64.7 Å². The van der Waals surface area contributed by atoms with Gasteiger partial charge in [0.1, 0.15) is 5.75 Å². The molecule has 0 heterocycles. The molecule has 0 amide bonds. The van der Waals surface area contributed by atoms with E-state index in [4.69, 9.17) is 14.2 Å². The van der Waals surface area contributed by atoms with Crippen LogP contribution in [0.2, 0.25) is 0 Å². The summed E-state index contributed by atoms with van der Waals surface area (Å²) in [4.78, 5) is 11.3. The molecular weight excluding hydrogens is 440 g/mol. The Balaban J connectivity index is 1.54. The van der Waals surface area contributed by atoms with E-state index >= 15 is 0 Å². The van der Waals surface area contributed by atoms with E-state index in [1.54, 1.807) is 33.5 Å². The maximum Gasteiger partial charge on any atom is 0.335 e. The van der Waals surface area contributed by atoms with Gasteiger partial charge in [-0.3, -0.25) is 0 Å². The fourth-order valence-electron chi connectivity index (χ4n) is 7.40. The van der Waals surface area contributed by atoms with Crippen LogP contribution in [0.15, 0.2) is 42.5 Å². The molecule has 4 aliphatic rings. The van der Waals surface area contributed by atoms with Crippen LogP contribution < -0.4 is 4.74 Å². The van der Waals surface area contributed by atoms with Gasteiger partial charge >= 0.3 is 5.97 Å². The van der Waals surface area contributed by atoms with Crippen LogP contribution in [0.1, 0.15) is 72.0 Å². The second kappa shape index (κ2) is 9.79. The van der Waals surface area contributed by atoms with Crippen molar-refractivity contribution >= 4 is 17.6 Å². The Morgan fingerprint density at radius 2 is 1.51 bits per heavy atom. The van der Waals surface area contributed by atoms with Crippen LogP contribution in [-0.4, -0.2) is 38.7 Å². The summed E-state index contributed by atoms with van der Waals surface area (Å²) in [6, 6.07) is 13.6. The van der Waals surface area contributed by atoms with E-state index in [2.05, 4.69) is 24.3 Å². The summed E-state index contributed by atoms with van der Waals surface area (Å²) in [5.41, 5.74) is 4.99.